The van der Waals surface area contributed by atoms with Crippen LogP contribution < -0.4 is 0 Å². The van der Waals surface area contributed by atoms with Gasteiger partial charge in [-0.1, -0.05) is 145 Å². The summed E-state index contributed by atoms with van der Waals surface area (Å²) in [7, 11) is 1.39. The summed E-state index contributed by atoms with van der Waals surface area (Å²) in [5.74, 6) is -0.918. The van der Waals surface area contributed by atoms with Crippen molar-refractivity contribution in [1.29, 1.82) is 0 Å². The Morgan fingerprint density at radius 2 is 1.14 bits per heavy atom. The highest BCUT2D eigenvalue weighted by Gasteiger charge is 2.27. The van der Waals surface area contributed by atoms with Gasteiger partial charge < -0.3 is 24.0 Å². The number of quaternary nitrogens is 1. The molecule has 2 N–H and O–H groups in total. The fraction of sp³-hybridized carbons (Fsp3) is 0.708. The molecule has 0 bridgehead atoms. The zero-order valence-corrected chi connectivity index (χ0v) is 38.7. The molecule has 0 rings (SSSR count). The molecule has 0 heterocycles. The lowest BCUT2D eigenvalue weighted by Gasteiger charge is -2.24. The van der Waals surface area contributed by atoms with Crippen LogP contribution in [-0.2, 0) is 32.7 Å². The van der Waals surface area contributed by atoms with Gasteiger partial charge in [-0.3, -0.25) is 18.6 Å². The van der Waals surface area contributed by atoms with Crippen molar-refractivity contribution < 1.29 is 47.2 Å². The van der Waals surface area contributed by atoms with Gasteiger partial charge in [0.25, 0.3) is 0 Å². The van der Waals surface area contributed by atoms with Crippen molar-refractivity contribution >= 4 is 19.8 Å². The van der Waals surface area contributed by atoms with Gasteiger partial charge in [0, 0.05) is 12.8 Å². The summed E-state index contributed by atoms with van der Waals surface area (Å²) in [6, 6.07) is 0. The van der Waals surface area contributed by atoms with Crippen molar-refractivity contribution in [2.45, 2.75) is 174 Å². The number of phosphoric acid groups is 1. The number of likely N-dealkylation sites (N-methyl/N-ethyl adjacent to an activating group) is 1. The largest absolute Gasteiger partial charge is 0.472 e. The van der Waals surface area contributed by atoms with Gasteiger partial charge in [-0.2, -0.15) is 0 Å². The lowest BCUT2D eigenvalue weighted by atomic mass is 10.1. The van der Waals surface area contributed by atoms with E-state index in [-0.39, 0.29) is 26.1 Å². The van der Waals surface area contributed by atoms with Gasteiger partial charge in [0.1, 0.15) is 19.8 Å². The van der Waals surface area contributed by atoms with Crippen LogP contribution in [0.4, 0.5) is 0 Å². The Morgan fingerprint density at radius 1 is 0.610 bits per heavy atom. The molecule has 0 aromatic heterocycles. The molecular formula is C48H85NO9P+. The van der Waals surface area contributed by atoms with E-state index in [1.54, 1.807) is 6.08 Å². The third-order valence-electron chi connectivity index (χ3n) is 9.29. The van der Waals surface area contributed by atoms with Crippen LogP contribution in [0.15, 0.2) is 72.9 Å². The van der Waals surface area contributed by atoms with Crippen LogP contribution in [0.25, 0.3) is 0 Å². The number of aliphatic hydroxyl groups is 1. The molecule has 0 fully saturated rings. The zero-order chi connectivity index (χ0) is 43.7. The lowest BCUT2D eigenvalue weighted by Crippen LogP contribution is -2.37. The quantitative estimate of drug-likeness (QED) is 0.0155. The van der Waals surface area contributed by atoms with Crippen molar-refractivity contribution in [3.05, 3.63) is 72.9 Å². The van der Waals surface area contributed by atoms with Crippen LogP contribution in [0.3, 0.4) is 0 Å². The van der Waals surface area contributed by atoms with Gasteiger partial charge in [0.2, 0.25) is 0 Å². The number of hydrogen-bond acceptors (Lipinski definition) is 8. The van der Waals surface area contributed by atoms with E-state index in [1.807, 2.05) is 57.6 Å². The summed E-state index contributed by atoms with van der Waals surface area (Å²) >= 11 is 0. The average Bonchev–Trinajstić information content (AvgIpc) is 3.18. The number of allylic oxidation sites excluding steroid dienone is 10. The van der Waals surface area contributed by atoms with E-state index >= 15 is 0 Å². The number of carbonyl (C=O) groups excluding carboxylic acids is 2. The minimum Gasteiger partial charge on any atom is -0.462 e. The molecule has 0 saturated heterocycles. The number of phosphoric ester groups is 1. The Bertz CT molecular complexity index is 1250. The molecule has 0 saturated carbocycles. The maximum absolute atomic E-state index is 12.7. The first kappa shape index (κ1) is 56.4. The highest BCUT2D eigenvalue weighted by Crippen LogP contribution is 2.43. The normalized spacial score (nSPS) is 14.8. The van der Waals surface area contributed by atoms with Gasteiger partial charge in [0.05, 0.1) is 33.9 Å². The van der Waals surface area contributed by atoms with Crippen LogP contribution >= 0.6 is 7.82 Å². The smallest absolute Gasteiger partial charge is 0.462 e. The molecular weight excluding hydrogens is 765 g/mol. The number of unbranched alkanes of at least 4 members (excludes halogenated alkanes) is 14. The molecule has 0 aliphatic carbocycles. The standard InChI is InChI=1S/C48H84NO9P/c1-6-8-10-12-14-15-16-17-18-19-20-21-22-23-27-31-35-39-47(51)55-43-46(44-57-59(53,54)56-42-41-49(3,4)5)58-48(52)40-36-32-28-25-24-26-30-34-38-45(50)37-33-29-13-11-9-7-2/h14-15,17-18,25-26,28-30,33-34,38,45-46,50H,6-13,16,19-24,27,31-32,35-37,39-44H2,1-5H3/p+1/b15-14-,18-17-,28-25-,30-26-,33-29-,38-34+. The van der Waals surface area contributed by atoms with E-state index in [2.05, 4.69) is 44.2 Å². The summed E-state index contributed by atoms with van der Waals surface area (Å²) in [4.78, 5) is 35.4. The van der Waals surface area contributed by atoms with Crippen LogP contribution in [0.1, 0.15) is 162 Å². The van der Waals surface area contributed by atoms with Gasteiger partial charge in [-0.05, 0) is 77.0 Å². The molecule has 0 aromatic carbocycles. The molecule has 59 heavy (non-hydrogen) atoms. The first-order valence-electron chi connectivity index (χ1n) is 22.8. The number of aliphatic hydroxyl groups excluding tert-OH is 1. The Labute approximate surface area is 360 Å². The maximum atomic E-state index is 12.7. The second kappa shape index (κ2) is 39.5. The van der Waals surface area contributed by atoms with E-state index in [1.165, 1.54) is 64.2 Å². The van der Waals surface area contributed by atoms with E-state index in [9.17, 15) is 24.2 Å². The highest BCUT2D eigenvalue weighted by atomic mass is 31.2. The monoisotopic (exact) mass is 851 g/mol. The molecule has 11 heteroatoms. The summed E-state index contributed by atoms with van der Waals surface area (Å²) < 4.78 is 34.2. The molecule has 0 spiro atoms. The molecule has 340 valence electrons. The maximum Gasteiger partial charge on any atom is 0.472 e. The predicted molar refractivity (Wildman–Crippen MR) is 244 cm³/mol. The first-order valence-corrected chi connectivity index (χ1v) is 24.3. The zero-order valence-electron chi connectivity index (χ0n) is 37.8. The van der Waals surface area contributed by atoms with Crippen LogP contribution in [0.2, 0.25) is 0 Å². The van der Waals surface area contributed by atoms with Gasteiger partial charge >= 0.3 is 19.8 Å². The molecule has 0 aliphatic rings. The van der Waals surface area contributed by atoms with Crippen LogP contribution in [-0.4, -0.2) is 86.1 Å². The summed E-state index contributed by atoms with van der Waals surface area (Å²) in [5, 5.41) is 10.1. The highest BCUT2D eigenvalue weighted by molar-refractivity contribution is 7.47. The SMILES string of the molecule is CCCCC/C=C\C/C=C\CCCCCCCCCC(=O)OCC(COP(=O)(O)OCC[N+](C)(C)C)OC(=O)CCC/C=C\C/C=C\C=C\C(O)C/C=C\CCCCC. The number of hydrogen-bond donors (Lipinski definition) is 2. The molecule has 0 aromatic rings. The molecule has 0 amide bonds. The Balaban J connectivity index is 4.52. The topological polar surface area (TPSA) is 129 Å². The van der Waals surface area contributed by atoms with Crippen molar-refractivity contribution in [2.24, 2.45) is 0 Å². The molecule has 3 atom stereocenters. The second-order valence-electron chi connectivity index (χ2n) is 16.3. The fourth-order valence-corrected chi connectivity index (χ4v) is 6.39. The summed E-state index contributed by atoms with van der Waals surface area (Å²) in [6.45, 7) is 4.19. The number of esters is 2. The Hall–Kier alpha value is -2.59. The van der Waals surface area contributed by atoms with Gasteiger partial charge in [-0.25, -0.2) is 4.57 Å². The van der Waals surface area contributed by atoms with Crippen molar-refractivity contribution in [2.75, 3.05) is 47.5 Å². The molecule has 0 radical (unpaired) electrons. The first-order chi connectivity index (χ1) is 28.4. The third kappa shape index (κ3) is 43.3. The lowest BCUT2D eigenvalue weighted by molar-refractivity contribution is -0.870. The van der Waals surface area contributed by atoms with E-state index in [4.69, 9.17) is 18.5 Å². The predicted octanol–water partition coefficient (Wildman–Crippen LogP) is 12.0. The van der Waals surface area contributed by atoms with Gasteiger partial charge in [0.15, 0.2) is 6.10 Å². The number of carbonyl (C=O) groups is 2. The molecule has 3 unspecified atom stereocenters. The van der Waals surface area contributed by atoms with E-state index < -0.39 is 38.6 Å². The minimum absolute atomic E-state index is 0.00564. The number of ether oxygens (including phenoxy) is 2. The van der Waals surface area contributed by atoms with Crippen molar-refractivity contribution in [3.8, 4) is 0 Å². The summed E-state index contributed by atoms with van der Waals surface area (Å²) in [6.07, 6.45) is 45.5. The molecule has 10 nitrogen and oxygen atoms in total. The van der Waals surface area contributed by atoms with E-state index in [0.717, 1.165) is 44.9 Å². The number of rotatable bonds is 40. The number of nitrogens with zero attached hydrogens (tertiary/aromatic N) is 1. The van der Waals surface area contributed by atoms with Gasteiger partial charge in [-0.15, -0.1) is 0 Å². The Morgan fingerprint density at radius 3 is 1.75 bits per heavy atom. The Kier molecular flexibility index (Phi) is 37.8. The van der Waals surface area contributed by atoms with E-state index in [0.29, 0.717) is 36.7 Å². The fourth-order valence-electron chi connectivity index (χ4n) is 5.65. The minimum atomic E-state index is -4.41. The molecule has 0 aliphatic heterocycles. The second-order valence-corrected chi connectivity index (χ2v) is 17.7. The average molecular weight is 851 g/mol. The van der Waals surface area contributed by atoms with Crippen LogP contribution in [0.5, 0.6) is 0 Å². The van der Waals surface area contributed by atoms with Crippen molar-refractivity contribution in [3.63, 3.8) is 0 Å². The van der Waals surface area contributed by atoms with Crippen LogP contribution in [0, 0.1) is 0 Å². The van der Waals surface area contributed by atoms with Crippen molar-refractivity contribution in [1.82, 2.24) is 0 Å². The third-order valence-corrected chi connectivity index (χ3v) is 10.3. The summed E-state index contributed by atoms with van der Waals surface area (Å²) in [5.41, 5.74) is 0.